The van der Waals surface area contributed by atoms with Crippen LogP contribution in [0.1, 0.15) is 5.56 Å². The fraction of sp³-hybridized carbons (Fsp3) is 0.333. The predicted molar refractivity (Wildman–Crippen MR) is 70.1 cm³/mol. The number of hydrogen-bond donors (Lipinski definition) is 2. The summed E-state index contributed by atoms with van der Waals surface area (Å²) in [7, 11) is 0. The van der Waals surface area contributed by atoms with Crippen LogP contribution in [0.5, 0.6) is 0 Å². The van der Waals surface area contributed by atoms with Crippen LogP contribution in [-0.2, 0) is 9.53 Å². The Morgan fingerprint density at radius 2 is 2.44 bits per heavy atom. The molecule has 1 aromatic rings. The molecule has 2 N–H and O–H groups in total. The Hall–Kier alpha value is -1.42. The molecule has 1 fully saturated rings. The van der Waals surface area contributed by atoms with Gasteiger partial charge in [0, 0.05) is 11.0 Å². The van der Waals surface area contributed by atoms with Gasteiger partial charge in [-0.25, -0.2) is 0 Å². The van der Waals surface area contributed by atoms with Crippen LogP contribution >= 0.6 is 15.9 Å². The summed E-state index contributed by atoms with van der Waals surface area (Å²) < 4.78 is 6.02. The van der Waals surface area contributed by atoms with Gasteiger partial charge in [-0.05, 0) is 18.2 Å². The number of amides is 1. The number of carbonyl (C=O) groups excluding carboxylic acids is 1. The Kier molecular flexibility index (Phi) is 4.31. The lowest BCUT2D eigenvalue weighted by Crippen LogP contribution is -2.48. The molecule has 1 amide bonds. The van der Waals surface area contributed by atoms with Gasteiger partial charge in [-0.1, -0.05) is 15.9 Å². The lowest BCUT2D eigenvalue weighted by Gasteiger charge is -2.23. The molecular weight excluding hydrogens is 298 g/mol. The van der Waals surface area contributed by atoms with Crippen molar-refractivity contribution >= 4 is 27.5 Å². The van der Waals surface area contributed by atoms with Crippen molar-refractivity contribution < 1.29 is 9.53 Å². The maximum Gasteiger partial charge on any atom is 0.243 e. The van der Waals surface area contributed by atoms with Crippen LogP contribution in [0.2, 0.25) is 0 Å². The number of rotatable bonds is 2. The van der Waals surface area contributed by atoms with Crippen molar-refractivity contribution in [1.29, 1.82) is 5.26 Å². The zero-order valence-corrected chi connectivity index (χ0v) is 11.2. The monoisotopic (exact) mass is 309 g/mol. The van der Waals surface area contributed by atoms with Gasteiger partial charge >= 0.3 is 0 Å². The summed E-state index contributed by atoms with van der Waals surface area (Å²) in [5.41, 5.74) is 0.938. The molecular formula is C12H12BrN3O2. The number of ether oxygens (including phenoxy) is 1. The number of anilines is 1. The van der Waals surface area contributed by atoms with E-state index in [0.29, 0.717) is 31.0 Å². The molecule has 1 unspecified atom stereocenters. The van der Waals surface area contributed by atoms with Crippen LogP contribution in [0.15, 0.2) is 22.7 Å². The molecule has 2 rings (SSSR count). The number of carbonyl (C=O) groups is 1. The molecule has 18 heavy (non-hydrogen) atoms. The van der Waals surface area contributed by atoms with E-state index in [4.69, 9.17) is 10.00 Å². The van der Waals surface area contributed by atoms with Gasteiger partial charge in [0.05, 0.1) is 24.5 Å². The van der Waals surface area contributed by atoms with Gasteiger partial charge < -0.3 is 15.4 Å². The average Bonchev–Trinajstić information content (AvgIpc) is 2.41. The average molecular weight is 310 g/mol. The quantitative estimate of drug-likeness (QED) is 0.862. The summed E-state index contributed by atoms with van der Waals surface area (Å²) in [6.45, 7) is 1.62. The molecule has 0 aromatic heterocycles. The van der Waals surface area contributed by atoms with E-state index in [0.717, 1.165) is 4.47 Å². The number of morpholine rings is 1. The number of hydrogen-bond acceptors (Lipinski definition) is 4. The number of nitriles is 1. The minimum atomic E-state index is -0.367. The van der Waals surface area contributed by atoms with Crippen LogP contribution in [0.3, 0.4) is 0 Å². The maximum absolute atomic E-state index is 11.9. The summed E-state index contributed by atoms with van der Waals surface area (Å²) >= 11 is 3.28. The fourth-order valence-corrected chi connectivity index (χ4v) is 2.03. The first-order chi connectivity index (χ1) is 8.70. The molecule has 1 aromatic carbocycles. The zero-order valence-electron chi connectivity index (χ0n) is 9.57. The van der Waals surface area contributed by atoms with Crippen LogP contribution in [0.25, 0.3) is 0 Å². The third-order valence-corrected chi connectivity index (χ3v) is 3.09. The first kappa shape index (κ1) is 13.0. The normalized spacial score (nSPS) is 19.0. The Morgan fingerprint density at radius 1 is 1.61 bits per heavy atom. The first-order valence-electron chi connectivity index (χ1n) is 5.52. The van der Waals surface area contributed by atoms with Gasteiger partial charge in [-0.3, -0.25) is 4.79 Å². The smallest absolute Gasteiger partial charge is 0.243 e. The molecule has 1 aliphatic heterocycles. The van der Waals surface area contributed by atoms with Crippen molar-refractivity contribution in [2.24, 2.45) is 0 Å². The highest BCUT2D eigenvalue weighted by Gasteiger charge is 2.21. The summed E-state index contributed by atoms with van der Waals surface area (Å²) in [5, 5.41) is 14.8. The first-order valence-corrected chi connectivity index (χ1v) is 6.31. The van der Waals surface area contributed by atoms with Gasteiger partial charge in [0.1, 0.15) is 12.1 Å². The van der Waals surface area contributed by atoms with Gasteiger partial charge in [0.15, 0.2) is 0 Å². The molecule has 1 saturated heterocycles. The highest BCUT2D eigenvalue weighted by atomic mass is 79.9. The van der Waals surface area contributed by atoms with E-state index in [9.17, 15) is 4.79 Å². The van der Waals surface area contributed by atoms with Crippen molar-refractivity contribution in [2.75, 3.05) is 25.1 Å². The molecule has 0 aliphatic carbocycles. The second-order valence-corrected chi connectivity index (χ2v) is 4.79. The lowest BCUT2D eigenvalue weighted by molar-refractivity contribution is -0.120. The van der Waals surface area contributed by atoms with Crippen molar-refractivity contribution in [3.8, 4) is 6.07 Å². The lowest BCUT2D eigenvalue weighted by atomic mass is 10.2. The molecule has 5 nitrogen and oxygen atoms in total. The Balaban J connectivity index is 2.09. The topological polar surface area (TPSA) is 74.2 Å². The molecule has 0 radical (unpaired) electrons. The molecule has 1 aliphatic rings. The molecule has 94 valence electrons. The number of halogens is 1. The van der Waals surface area contributed by atoms with E-state index in [1.807, 2.05) is 6.07 Å². The van der Waals surface area contributed by atoms with Crippen molar-refractivity contribution in [3.63, 3.8) is 0 Å². The number of nitrogens with zero attached hydrogens (tertiary/aromatic N) is 1. The Morgan fingerprint density at radius 3 is 3.11 bits per heavy atom. The van der Waals surface area contributed by atoms with E-state index < -0.39 is 0 Å². The highest BCUT2D eigenvalue weighted by Crippen LogP contribution is 2.20. The minimum Gasteiger partial charge on any atom is -0.378 e. The van der Waals surface area contributed by atoms with E-state index in [2.05, 4.69) is 26.6 Å². The number of benzene rings is 1. The molecule has 0 saturated carbocycles. The van der Waals surface area contributed by atoms with Gasteiger partial charge in [0.2, 0.25) is 5.91 Å². The van der Waals surface area contributed by atoms with Crippen LogP contribution in [-0.4, -0.2) is 31.7 Å². The van der Waals surface area contributed by atoms with Crippen molar-refractivity contribution in [2.45, 2.75) is 6.04 Å². The highest BCUT2D eigenvalue weighted by molar-refractivity contribution is 9.10. The van der Waals surface area contributed by atoms with Gasteiger partial charge in [-0.15, -0.1) is 0 Å². The Labute approximate surface area is 113 Å². The van der Waals surface area contributed by atoms with Crippen LogP contribution < -0.4 is 10.6 Å². The zero-order chi connectivity index (χ0) is 13.0. The van der Waals surface area contributed by atoms with Crippen molar-refractivity contribution in [1.82, 2.24) is 5.32 Å². The van der Waals surface area contributed by atoms with Crippen molar-refractivity contribution in [3.05, 3.63) is 28.2 Å². The molecule has 0 spiro atoms. The second-order valence-electron chi connectivity index (χ2n) is 3.87. The van der Waals surface area contributed by atoms with Gasteiger partial charge in [0.25, 0.3) is 0 Å². The predicted octanol–water partition coefficient (Wildman–Crippen LogP) is 1.25. The molecule has 6 heteroatoms. The Bertz CT molecular complexity index is 493. The molecule has 1 atom stereocenters. The third-order valence-electron chi connectivity index (χ3n) is 2.60. The van der Waals surface area contributed by atoms with E-state index in [-0.39, 0.29) is 11.9 Å². The summed E-state index contributed by atoms with van der Waals surface area (Å²) in [4.78, 5) is 11.9. The number of nitrogens with one attached hydrogen (secondary N) is 2. The summed E-state index contributed by atoms with van der Waals surface area (Å²) in [6.07, 6.45) is 0. The largest absolute Gasteiger partial charge is 0.378 e. The SMILES string of the molecule is N#Cc1cc(Br)ccc1NC(=O)C1COCCN1. The fourth-order valence-electron chi connectivity index (χ4n) is 1.67. The maximum atomic E-state index is 11.9. The summed E-state index contributed by atoms with van der Waals surface area (Å²) in [5.74, 6) is -0.187. The van der Waals surface area contributed by atoms with Crippen LogP contribution in [0, 0.1) is 11.3 Å². The van der Waals surface area contributed by atoms with E-state index >= 15 is 0 Å². The van der Waals surface area contributed by atoms with Gasteiger partial charge in [-0.2, -0.15) is 5.26 Å². The molecule has 0 bridgehead atoms. The van der Waals surface area contributed by atoms with E-state index in [1.54, 1.807) is 18.2 Å². The third kappa shape index (κ3) is 3.07. The second kappa shape index (κ2) is 5.96. The van der Waals surface area contributed by atoms with E-state index in [1.165, 1.54) is 0 Å². The minimum absolute atomic E-state index is 0.187. The molecule has 1 heterocycles. The standard InChI is InChI=1S/C12H12BrN3O2/c13-9-1-2-10(8(5-9)6-14)16-12(17)11-7-18-4-3-15-11/h1-2,5,11,15H,3-4,7H2,(H,16,17). The summed E-state index contributed by atoms with van der Waals surface area (Å²) in [6, 6.07) is 6.83. The van der Waals surface area contributed by atoms with Crippen LogP contribution in [0.4, 0.5) is 5.69 Å².